The zero-order valence-electron chi connectivity index (χ0n) is 20.7. The summed E-state index contributed by atoms with van der Waals surface area (Å²) in [6.07, 6.45) is 5.77. The van der Waals surface area contributed by atoms with Gasteiger partial charge in [-0.25, -0.2) is 4.98 Å². The number of likely N-dealkylation sites (tertiary alicyclic amines) is 1. The van der Waals surface area contributed by atoms with Crippen molar-refractivity contribution in [3.05, 3.63) is 59.9 Å². The lowest BCUT2D eigenvalue weighted by molar-refractivity contribution is -0.138. The van der Waals surface area contributed by atoms with E-state index < -0.39 is 6.04 Å². The zero-order chi connectivity index (χ0) is 24.4. The maximum Gasteiger partial charge on any atom is 0.245 e. The van der Waals surface area contributed by atoms with Crippen LogP contribution in [0, 0.1) is 12.8 Å². The molecule has 2 N–H and O–H groups in total. The van der Waals surface area contributed by atoms with Crippen LogP contribution in [0.25, 0.3) is 16.7 Å². The molecule has 0 saturated carbocycles. The van der Waals surface area contributed by atoms with E-state index in [9.17, 15) is 9.59 Å². The Hall–Kier alpha value is -3.19. The summed E-state index contributed by atoms with van der Waals surface area (Å²) in [5, 5.41) is 7.12. The molecule has 0 bridgehead atoms. The molecular weight excluding hydrogens is 426 g/mol. The average molecular weight is 462 g/mol. The molecule has 34 heavy (non-hydrogen) atoms. The van der Waals surface area contributed by atoms with Gasteiger partial charge in [0.1, 0.15) is 11.9 Å². The van der Waals surface area contributed by atoms with Gasteiger partial charge in [-0.1, -0.05) is 32.0 Å². The minimum Gasteiger partial charge on any atom is -0.343 e. The Morgan fingerprint density at radius 1 is 1.15 bits per heavy atom. The van der Waals surface area contributed by atoms with Crippen LogP contribution in [0.1, 0.15) is 50.8 Å². The second-order valence-electron chi connectivity index (χ2n) is 9.58. The van der Waals surface area contributed by atoms with Crippen LogP contribution in [0.4, 0.5) is 0 Å². The highest BCUT2D eigenvalue weighted by Crippen LogP contribution is 2.34. The lowest BCUT2D eigenvalue weighted by atomic mass is 10.00. The van der Waals surface area contributed by atoms with E-state index >= 15 is 0 Å². The maximum absolute atomic E-state index is 13.6. The predicted molar refractivity (Wildman–Crippen MR) is 135 cm³/mol. The first-order chi connectivity index (χ1) is 16.3. The van der Waals surface area contributed by atoms with Crippen LogP contribution in [-0.2, 0) is 9.59 Å². The van der Waals surface area contributed by atoms with Crippen molar-refractivity contribution < 1.29 is 9.59 Å². The molecule has 0 radical (unpaired) electrons. The molecule has 3 atom stereocenters. The third-order valence-electron chi connectivity index (χ3n) is 6.90. The Kier molecular flexibility index (Phi) is 7.03. The van der Waals surface area contributed by atoms with Gasteiger partial charge in [-0.3, -0.25) is 9.59 Å². The van der Waals surface area contributed by atoms with Crippen molar-refractivity contribution in [3.63, 3.8) is 0 Å². The SMILES string of the molecule is CNC(C)C(=O)N[C@H](C(=O)N1CCCC1c1ccnc(-n2cc(C)c3ccccc32)c1)C(C)C. The summed E-state index contributed by atoms with van der Waals surface area (Å²) in [4.78, 5) is 32.7. The number of nitrogens with zero attached hydrogens (tertiary/aromatic N) is 3. The Bertz CT molecular complexity index is 1180. The number of carbonyl (C=O) groups is 2. The molecule has 2 unspecified atom stereocenters. The van der Waals surface area contributed by atoms with Gasteiger partial charge in [0.2, 0.25) is 11.8 Å². The highest BCUT2D eigenvalue weighted by Gasteiger charge is 2.36. The summed E-state index contributed by atoms with van der Waals surface area (Å²) < 4.78 is 2.12. The van der Waals surface area contributed by atoms with Crippen LogP contribution in [0.15, 0.2) is 48.8 Å². The van der Waals surface area contributed by atoms with E-state index in [1.54, 1.807) is 14.0 Å². The molecule has 3 heterocycles. The summed E-state index contributed by atoms with van der Waals surface area (Å²) in [6, 6.07) is 11.5. The normalized spacial score (nSPS) is 17.8. The van der Waals surface area contributed by atoms with E-state index in [2.05, 4.69) is 51.5 Å². The van der Waals surface area contributed by atoms with Crippen LogP contribution in [0.3, 0.4) is 0 Å². The zero-order valence-corrected chi connectivity index (χ0v) is 20.7. The van der Waals surface area contributed by atoms with Crippen LogP contribution in [0.2, 0.25) is 0 Å². The number of carbonyl (C=O) groups excluding carboxylic acids is 2. The number of rotatable bonds is 7. The fraction of sp³-hybridized carbons (Fsp3) is 0.444. The van der Waals surface area contributed by atoms with Gasteiger partial charge in [0.05, 0.1) is 17.6 Å². The van der Waals surface area contributed by atoms with E-state index in [1.807, 2.05) is 43.1 Å². The first-order valence-corrected chi connectivity index (χ1v) is 12.1. The van der Waals surface area contributed by atoms with Gasteiger partial charge < -0.3 is 20.1 Å². The van der Waals surface area contributed by atoms with Crippen molar-refractivity contribution in [1.29, 1.82) is 0 Å². The van der Waals surface area contributed by atoms with Crippen molar-refractivity contribution in [3.8, 4) is 5.82 Å². The molecule has 180 valence electrons. The Morgan fingerprint density at radius 3 is 2.65 bits per heavy atom. The van der Waals surface area contributed by atoms with Gasteiger partial charge in [-0.05, 0) is 69.0 Å². The van der Waals surface area contributed by atoms with Crippen molar-refractivity contribution in [2.24, 2.45) is 5.92 Å². The Morgan fingerprint density at radius 2 is 1.91 bits per heavy atom. The van der Waals surface area contributed by atoms with Gasteiger partial charge in [0.15, 0.2) is 0 Å². The standard InChI is InChI=1S/C27H35N5O2/c1-17(2)25(30-26(33)19(4)28-5)27(34)31-14-8-11-22(31)20-12-13-29-24(15-20)32-16-18(3)21-9-6-7-10-23(21)32/h6-7,9-10,12-13,15-17,19,22,25,28H,8,11,14H2,1-5H3,(H,30,33)/t19?,22?,25-/m0/s1. The highest BCUT2D eigenvalue weighted by molar-refractivity contribution is 5.90. The number of fused-ring (bicyclic) bond motifs is 1. The van der Waals surface area contributed by atoms with Crippen LogP contribution < -0.4 is 10.6 Å². The molecule has 1 aliphatic heterocycles. The number of para-hydroxylation sites is 1. The van der Waals surface area contributed by atoms with Gasteiger partial charge >= 0.3 is 0 Å². The molecule has 4 rings (SSSR count). The number of benzene rings is 1. The third kappa shape index (κ3) is 4.57. The smallest absolute Gasteiger partial charge is 0.245 e. The number of likely N-dealkylation sites (N-methyl/N-ethyl adjacent to an activating group) is 1. The van der Waals surface area contributed by atoms with E-state index in [0.29, 0.717) is 6.54 Å². The van der Waals surface area contributed by atoms with E-state index in [1.165, 1.54) is 10.9 Å². The summed E-state index contributed by atoms with van der Waals surface area (Å²) in [7, 11) is 1.74. The average Bonchev–Trinajstić information content (AvgIpc) is 3.47. The maximum atomic E-state index is 13.6. The first kappa shape index (κ1) is 24.0. The van der Waals surface area contributed by atoms with Crippen LogP contribution in [-0.4, -0.2) is 51.9 Å². The van der Waals surface area contributed by atoms with Crippen molar-refractivity contribution in [2.45, 2.75) is 58.7 Å². The summed E-state index contributed by atoms with van der Waals surface area (Å²) in [5.41, 5.74) is 3.39. The fourth-order valence-corrected chi connectivity index (χ4v) is 4.79. The fourth-order valence-electron chi connectivity index (χ4n) is 4.79. The quantitative estimate of drug-likeness (QED) is 0.562. The largest absolute Gasteiger partial charge is 0.343 e. The Balaban J connectivity index is 1.62. The highest BCUT2D eigenvalue weighted by atomic mass is 16.2. The van der Waals surface area contributed by atoms with Crippen molar-refractivity contribution in [1.82, 2.24) is 25.1 Å². The molecule has 0 spiro atoms. The first-order valence-electron chi connectivity index (χ1n) is 12.1. The molecule has 1 saturated heterocycles. The number of nitrogens with one attached hydrogen (secondary N) is 2. The number of amides is 2. The molecule has 1 aliphatic rings. The van der Waals surface area contributed by atoms with Crippen LogP contribution >= 0.6 is 0 Å². The predicted octanol–water partition coefficient (Wildman–Crippen LogP) is 3.75. The topological polar surface area (TPSA) is 79.3 Å². The molecule has 2 aromatic heterocycles. The number of hydrogen-bond acceptors (Lipinski definition) is 4. The lowest BCUT2D eigenvalue weighted by Crippen LogP contribution is -2.54. The molecular formula is C27H35N5O2. The molecule has 2 amide bonds. The second kappa shape index (κ2) is 9.97. The van der Waals surface area contributed by atoms with E-state index in [-0.39, 0.29) is 29.8 Å². The molecule has 1 fully saturated rings. The summed E-state index contributed by atoms with van der Waals surface area (Å²) in [6.45, 7) is 8.54. The number of aryl methyl sites for hydroxylation is 1. The summed E-state index contributed by atoms with van der Waals surface area (Å²) in [5.74, 6) is 0.655. The number of pyridine rings is 1. The Labute approximate surface area is 201 Å². The molecule has 1 aromatic carbocycles. The molecule has 0 aliphatic carbocycles. The number of hydrogen-bond donors (Lipinski definition) is 2. The minimum absolute atomic E-state index is 0.0102. The van der Waals surface area contributed by atoms with Crippen molar-refractivity contribution >= 4 is 22.7 Å². The summed E-state index contributed by atoms with van der Waals surface area (Å²) >= 11 is 0. The third-order valence-corrected chi connectivity index (χ3v) is 6.90. The van der Waals surface area contributed by atoms with Crippen LogP contribution in [0.5, 0.6) is 0 Å². The van der Waals surface area contributed by atoms with E-state index in [0.717, 1.165) is 29.7 Å². The van der Waals surface area contributed by atoms with Gasteiger partial charge in [0.25, 0.3) is 0 Å². The lowest BCUT2D eigenvalue weighted by Gasteiger charge is -2.32. The minimum atomic E-state index is -0.554. The molecule has 7 nitrogen and oxygen atoms in total. The monoisotopic (exact) mass is 461 g/mol. The van der Waals surface area contributed by atoms with Crippen molar-refractivity contribution in [2.75, 3.05) is 13.6 Å². The second-order valence-corrected chi connectivity index (χ2v) is 9.58. The number of aromatic nitrogens is 2. The van der Waals surface area contributed by atoms with Gasteiger partial charge in [-0.15, -0.1) is 0 Å². The van der Waals surface area contributed by atoms with Gasteiger partial charge in [0, 0.05) is 24.3 Å². The van der Waals surface area contributed by atoms with Gasteiger partial charge in [-0.2, -0.15) is 0 Å². The molecule has 7 heteroatoms. The van der Waals surface area contributed by atoms with E-state index in [4.69, 9.17) is 0 Å². The molecule has 3 aromatic rings.